The first-order valence-corrected chi connectivity index (χ1v) is 9.36. The predicted octanol–water partition coefficient (Wildman–Crippen LogP) is 3.62. The molecule has 2 atom stereocenters. The smallest absolute Gasteiger partial charge is 0.0156 e. The van der Waals surface area contributed by atoms with Gasteiger partial charge in [0.1, 0.15) is 0 Å². The molecule has 0 aromatic heterocycles. The van der Waals surface area contributed by atoms with Crippen LogP contribution >= 0.6 is 11.8 Å². The number of nitrogens with one attached hydrogen (secondary N) is 1. The summed E-state index contributed by atoms with van der Waals surface area (Å²) in [4.78, 5) is 2.73. The molecule has 0 radical (unpaired) electrons. The minimum Gasteiger partial charge on any atom is -0.316 e. The second kappa shape index (κ2) is 6.58. The summed E-state index contributed by atoms with van der Waals surface area (Å²) >= 11 is 2.16. The van der Waals surface area contributed by atoms with Crippen LogP contribution in [-0.2, 0) is 0 Å². The molecule has 1 aliphatic carbocycles. The lowest BCUT2D eigenvalue weighted by molar-refractivity contribution is 0.0849. The highest BCUT2D eigenvalue weighted by molar-refractivity contribution is 8.00. The molecule has 118 valence electrons. The minimum atomic E-state index is 0.456. The standard InChI is InChI=1S/C17H34N2S/c1-16(2)8-6-7-14(15(16)18-5)13-19-10-9-17(3,4)20-12-11-19/h14-15,18H,6-13H2,1-5H3. The van der Waals surface area contributed by atoms with Crippen molar-refractivity contribution in [2.75, 3.05) is 32.4 Å². The Balaban J connectivity index is 1.94. The SMILES string of the molecule is CNC1C(CN2CCSC(C)(C)CC2)CCCC1(C)C. The summed E-state index contributed by atoms with van der Waals surface area (Å²) in [6, 6.07) is 0.681. The molecule has 2 unspecified atom stereocenters. The van der Waals surface area contributed by atoms with E-state index >= 15 is 0 Å². The van der Waals surface area contributed by atoms with Crippen LogP contribution in [0.1, 0.15) is 53.4 Å². The third-order valence-corrected chi connectivity index (χ3v) is 6.82. The van der Waals surface area contributed by atoms with Crippen molar-refractivity contribution in [1.82, 2.24) is 10.2 Å². The molecule has 1 heterocycles. The average Bonchev–Trinajstić information content (AvgIpc) is 2.50. The Hall–Kier alpha value is 0.270. The topological polar surface area (TPSA) is 15.3 Å². The second-order valence-corrected chi connectivity index (χ2v) is 9.87. The van der Waals surface area contributed by atoms with Gasteiger partial charge < -0.3 is 10.2 Å². The Kier molecular flexibility index (Phi) is 5.47. The van der Waals surface area contributed by atoms with Crippen molar-refractivity contribution >= 4 is 11.8 Å². The van der Waals surface area contributed by atoms with Crippen LogP contribution in [0.25, 0.3) is 0 Å². The molecular formula is C17H34N2S. The minimum absolute atomic E-state index is 0.456. The summed E-state index contributed by atoms with van der Waals surface area (Å²) in [6.07, 6.45) is 5.52. The number of thioether (sulfide) groups is 1. The maximum absolute atomic E-state index is 3.63. The highest BCUT2D eigenvalue weighted by atomic mass is 32.2. The Labute approximate surface area is 130 Å². The van der Waals surface area contributed by atoms with Gasteiger partial charge in [0, 0.05) is 29.6 Å². The van der Waals surface area contributed by atoms with E-state index in [1.54, 1.807) is 0 Å². The van der Waals surface area contributed by atoms with E-state index in [-0.39, 0.29) is 0 Å². The first-order chi connectivity index (χ1) is 9.34. The van der Waals surface area contributed by atoms with Crippen molar-refractivity contribution in [2.24, 2.45) is 11.3 Å². The fourth-order valence-electron chi connectivity index (χ4n) is 4.18. The van der Waals surface area contributed by atoms with Gasteiger partial charge in [0.2, 0.25) is 0 Å². The van der Waals surface area contributed by atoms with Crippen LogP contribution in [0, 0.1) is 11.3 Å². The first kappa shape index (κ1) is 16.6. The Morgan fingerprint density at radius 1 is 1.15 bits per heavy atom. The van der Waals surface area contributed by atoms with Gasteiger partial charge in [-0.2, -0.15) is 11.8 Å². The van der Waals surface area contributed by atoms with E-state index in [1.807, 2.05) is 0 Å². The quantitative estimate of drug-likeness (QED) is 0.857. The second-order valence-electron chi connectivity index (χ2n) is 8.07. The lowest BCUT2D eigenvalue weighted by Gasteiger charge is -2.45. The third kappa shape index (κ3) is 4.14. The van der Waals surface area contributed by atoms with Crippen LogP contribution in [0.15, 0.2) is 0 Å². The maximum Gasteiger partial charge on any atom is 0.0156 e. The fourth-order valence-corrected chi connectivity index (χ4v) is 5.32. The number of hydrogen-bond donors (Lipinski definition) is 1. The number of hydrogen-bond acceptors (Lipinski definition) is 3. The van der Waals surface area contributed by atoms with Crippen LogP contribution in [0.4, 0.5) is 0 Å². The van der Waals surface area contributed by atoms with Crippen LogP contribution in [0.3, 0.4) is 0 Å². The fraction of sp³-hybridized carbons (Fsp3) is 1.00. The molecule has 0 amide bonds. The summed E-state index contributed by atoms with van der Waals surface area (Å²) in [7, 11) is 2.16. The van der Waals surface area contributed by atoms with Crippen LogP contribution in [-0.4, -0.2) is 48.1 Å². The summed E-state index contributed by atoms with van der Waals surface area (Å²) in [5.41, 5.74) is 0.456. The van der Waals surface area contributed by atoms with Gasteiger partial charge in [-0.3, -0.25) is 0 Å². The lowest BCUT2D eigenvalue weighted by Crippen LogP contribution is -2.51. The van der Waals surface area contributed by atoms with Gasteiger partial charge >= 0.3 is 0 Å². The molecule has 2 fully saturated rings. The molecule has 0 aromatic rings. The summed E-state index contributed by atoms with van der Waals surface area (Å²) in [6.45, 7) is 13.6. The molecule has 1 saturated heterocycles. The van der Waals surface area contributed by atoms with Crippen molar-refractivity contribution in [3.05, 3.63) is 0 Å². The number of rotatable bonds is 3. The largest absolute Gasteiger partial charge is 0.316 e. The van der Waals surface area contributed by atoms with Gasteiger partial charge in [0.05, 0.1) is 0 Å². The van der Waals surface area contributed by atoms with Crippen molar-refractivity contribution < 1.29 is 0 Å². The zero-order valence-corrected chi connectivity index (χ0v) is 15.0. The highest BCUT2D eigenvalue weighted by Gasteiger charge is 2.38. The summed E-state index contributed by atoms with van der Waals surface area (Å²) in [5.74, 6) is 2.13. The van der Waals surface area contributed by atoms with Gasteiger partial charge in [-0.15, -0.1) is 0 Å². The van der Waals surface area contributed by atoms with Crippen LogP contribution in [0.5, 0.6) is 0 Å². The Morgan fingerprint density at radius 3 is 2.60 bits per heavy atom. The van der Waals surface area contributed by atoms with Gasteiger partial charge in [0.25, 0.3) is 0 Å². The van der Waals surface area contributed by atoms with E-state index in [1.165, 1.54) is 51.1 Å². The van der Waals surface area contributed by atoms with Crippen molar-refractivity contribution in [1.29, 1.82) is 0 Å². The summed E-state index contributed by atoms with van der Waals surface area (Å²) in [5, 5.41) is 3.63. The van der Waals surface area contributed by atoms with Crippen molar-refractivity contribution in [3.63, 3.8) is 0 Å². The number of nitrogens with zero attached hydrogens (tertiary/aromatic N) is 1. The Morgan fingerprint density at radius 2 is 1.90 bits per heavy atom. The average molecular weight is 299 g/mol. The van der Waals surface area contributed by atoms with Crippen molar-refractivity contribution in [2.45, 2.75) is 64.2 Å². The molecule has 2 nitrogen and oxygen atoms in total. The van der Waals surface area contributed by atoms with Gasteiger partial charge in [-0.25, -0.2) is 0 Å². The van der Waals surface area contributed by atoms with E-state index in [0.717, 1.165) is 5.92 Å². The highest BCUT2D eigenvalue weighted by Crippen LogP contribution is 2.39. The van der Waals surface area contributed by atoms with E-state index in [0.29, 0.717) is 16.2 Å². The maximum atomic E-state index is 3.63. The molecule has 2 aliphatic rings. The van der Waals surface area contributed by atoms with Crippen LogP contribution in [0.2, 0.25) is 0 Å². The molecule has 0 aromatic carbocycles. The molecule has 0 bridgehead atoms. The van der Waals surface area contributed by atoms with Crippen molar-refractivity contribution in [3.8, 4) is 0 Å². The zero-order chi connectivity index (χ0) is 14.8. The molecule has 1 saturated carbocycles. The van der Waals surface area contributed by atoms with E-state index in [2.05, 4.69) is 56.7 Å². The van der Waals surface area contributed by atoms with E-state index in [4.69, 9.17) is 0 Å². The van der Waals surface area contributed by atoms with E-state index < -0.39 is 0 Å². The lowest BCUT2D eigenvalue weighted by atomic mass is 9.68. The molecule has 3 heteroatoms. The molecule has 1 aliphatic heterocycles. The normalized spacial score (nSPS) is 34.6. The summed E-state index contributed by atoms with van der Waals surface area (Å²) < 4.78 is 0.475. The Bertz CT molecular complexity index is 314. The van der Waals surface area contributed by atoms with E-state index in [9.17, 15) is 0 Å². The monoisotopic (exact) mass is 298 g/mol. The molecule has 1 N–H and O–H groups in total. The molecule has 20 heavy (non-hydrogen) atoms. The van der Waals surface area contributed by atoms with Gasteiger partial charge in [-0.1, -0.05) is 34.1 Å². The molecular weight excluding hydrogens is 264 g/mol. The van der Waals surface area contributed by atoms with Gasteiger partial charge in [0.15, 0.2) is 0 Å². The van der Waals surface area contributed by atoms with Crippen LogP contribution < -0.4 is 5.32 Å². The third-order valence-electron chi connectivity index (χ3n) is 5.44. The first-order valence-electron chi connectivity index (χ1n) is 8.38. The van der Waals surface area contributed by atoms with Gasteiger partial charge in [-0.05, 0) is 44.2 Å². The molecule has 2 rings (SSSR count). The zero-order valence-electron chi connectivity index (χ0n) is 14.2. The molecule has 0 spiro atoms. The predicted molar refractivity (Wildman–Crippen MR) is 91.6 cm³/mol.